The van der Waals surface area contributed by atoms with Crippen LogP contribution in [0.4, 0.5) is 15.0 Å². The molecule has 3 aromatic rings. The van der Waals surface area contributed by atoms with Crippen LogP contribution in [0.3, 0.4) is 0 Å². The van der Waals surface area contributed by atoms with Crippen molar-refractivity contribution in [1.29, 1.82) is 0 Å². The zero-order valence-corrected chi connectivity index (χ0v) is 18.3. The van der Waals surface area contributed by atoms with Crippen LogP contribution < -0.4 is 25.2 Å². The zero-order valence-electron chi connectivity index (χ0n) is 18.3. The average Bonchev–Trinajstić information content (AvgIpc) is 3.42. The fraction of sp³-hybridized carbons (Fsp3) is 0.375. The normalized spacial score (nSPS) is 20.7. The SMILES string of the molecule is O=C1O[C@H](CCNC[C@@H]2Cn3c(=O)ccc4ccc(F)c2c43)CN1c1cc2c(cn1)OCCO2. The van der Waals surface area contributed by atoms with Crippen LogP contribution in [0.15, 0.2) is 41.3 Å². The van der Waals surface area contributed by atoms with Crippen molar-refractivity contribution in [3.05, 3.63) is 58.3 Å². The topological polar surface area (TPSA) is 94.9 Å². The van der Waals surface area contributed by atoms with Crippen molar-refractivity contribution in [3.63, 3.8) is 0 Å². The lowest BCUT2D eigenvalue weighted by molar-refractivity contribution is 0.136. The van der Waals surface area contributed by atoms with Gasteiger partial charge in [-0.1, -0.05) is 0 Å². The maximum atomic E-state index is 14.6. The van der Waals surface area contributed by atoms with Crippen molar-refractivity contribution in [3.8, 4) is 11.5 Å². The molecular formula is C24H23FN4O5. The molecule has 0 spiro atoms. The summed E-state index contributed by atoms with van der Waals surface area (Å²) in [4.78, 5) is 30.4. The molecule has 176 valence electrons. The molecular weight excluding hydrogens is 443 g/mol. The minimum absolute atomic E-state index is 0.118. The summed E-state index contributed by atoms with van der Waals surface area (Å²) in [6.45, 7) is 2.85. The minimum Gasteiger partial charge on any atom is -0.486 e. The molecule has 1 saturated heterocycles. The predicted octanol–water partition coefficient (Wildman–Crippen LogP) is 2.41. The zero-order chi connectivity index (χ0) is 23.2. The van der Waals surface area contributed by atoms with Crippen molar-refractivity contribution in [2.45, 2.75) is 25.0 Å². The third-order valence-electron chi connectivity index (χ3n) is 6.55. The number of carbonyl (C=O) groups is 1. The van der Waals surface area contributed by atoms with Gasteiger partial charge < -0.3 is 24.1 Å². The highest BCUT2D eigenvalue weighted by Gasteiger charge is 2.34. The van der Waals surface area contributed by atoms with E-state index >= 15 is 0 Å². The van der Waals surface area contributed by atoms with E-state index in [1.807, 2.05) is 0 Å². The Balaban J connectivity index is 1.06. The van der Waals surface area contributed by atoms with Crippen molar-refractivity contribution in [2.24, 2.45) is 0 Å². The highest BCUT2D eigenvalue weighted by Crippen LogP contribution is 2.35. The van der Waals surface area contributed by atoms with Gasteiger partial charge in [0, 0.05) is 36.7 Å². The summed E-state index contributed by atoms with van der Waals surface area (Å²) in [6, 6.07) is 8.12. The van der Waals surface area contributed by atoms with E-state index in [0.29, 0.717) is 74.2 Å². The first kappa shape index (κ1) is 20.9. The van der Waals surface area contributed by atoms with E-state index in [9.17, 15) is 14.0 Å². The number of cyclic esters (lactones) is 1. The molecule has 0 radical (unpaired) electrons. The second kappa shape index (κ2) is 8.28. The van der Waals surface area contributed by atoms with Gasteiger partial charge in [0.15, 0.2) is 11.5 Å². The lowest BCUT2D eigenvalue weighted by Crippen LogP contribution is -2.29. The number of aromatic nitrogens is 2. The van der Waals surface area contributed by atoms with Gasteiger partial charge >= 0.3 is 6.09 Å². The van der Waals surface area contributed by atoms with Crippen LogP contribution in [0.2, 0.25) is 0 Å². The van der Waals surface area contributed by atoms with E-state index in [0.717, 1.165) is 5.39 Å². The quantitative estimate of drug-likeness (QED) is 0.558. The molecule has 1 N–H and O–H groups in total. The van der Waals surface area contributed by atoms with Crippen molar-refractivity contribution in [1.82, 2.24) is 14.9 Å². The number of benzene rings is 1. The van der Waals surface area contributed by atoms with Crippen LogP contribution in [0, 0.1) is 5.82 Å². The fourth-order valence-electron chi connectivity index (χ4n) is 4.93. The molecule has 1 fully saturated rings. The number of hydrogen-bond acceptors (Lipinski definition) is 7. The Labute approximate surface area is 194 Å². The molecule has 0 aliphatic carbocycles. The van der Waals surface area contributed by atoms with Gasteiger partial charge in [-0.2, -0.15) is 0 Å². The van der Waals surface area contributed by atoms with Gasteiger partial charge in [-0.15, -0.1) is 0 Å². The van der Waals surface area contributed by atoms with E-state index in [2.05, 4.69) is 10.3 Å². The molecule has 9 nitrogen and oxygen atoms in total. The molecule has 0 bridgehead atoms. The number of pyridine rings is 2. The van der Waals surface area contributed by atoms with Crippen LogP contribution in [-0.2, 0) is 11.3 Å². The van der Waals surface area contributed by atoms with E-state index in [-0.39, 0.29) is 23.4 Å². The van der Waals surface area contributed by atoms with Crippen LogP contribution in [0.1, 0.15) is 17.9 Å². The first-order valence-electron chi connectivity index (χ1n) is 11.3. The van der Waals surface area contributed by atoms with Crippen LogP contribution in [0.5, 0.6) is 11.5 Å². The van der Waals surface area contributed by atoms with Crippen molar-refractivity contribution in [2.75, 3.05) is 37.7 Å². The van der Waals surface area contributed by atoms with Gasteiger partial charge in [0.2, 0.25) is 0 Å². The number of amides is 1. The summed E-state index contributed by atoms with van der Waals surface area (Å²) in [5.74, 6) is 1.16. The lowest BCUT2D eigenvalue weighted by Gasteiger charge is -2.20. The number of nitrogens with zero attached hydrogens (tertiary/aromatic N) is 3. The van der Waals surface area contributed by atoms with Gasteiger partial charge in [0.05, 0.1) is 18.3 Å². The summed E-state index contributed by atoms with van der Waals surface area (Å²) >= 11 is 0. The minimum atomic E-state index is -0.450. The first-order valence-corrected chi connectivity index (χ1v) is 11.3. The number of rotatable bonds is 6. The third kappa shape index (κ3) is 3.54. The van der Waals surface area contributed by atoms with E-state index in [1.165, 1.54) is 17.0 Å². The Morgan fingerprint density at radius 1 is 1.09 bits per heavy atom. The second-order valence-electron chi connectivity index (χ2n) is 8.67. The molecule has 10 heteroatoms. The van der Waals surface area contributed by atoms with Gasteiger partial charge in [0.1, 0.15) is 31.0 Å². The van der Waals surface area contributed by atoms with Gasteiger partial charge in [-0.3, -0.25) is 9.69 Å². The predicted molar refractivity (Wildman–Crippen MR) is 121 cm³/mol. The highest BCUT2D eigenvalue weighted by atomic mass is 19.1. The number of halogens is 1. The van der Waals surface area contributed by atoms with Crippen LogP contribution in [-0.4, -0.2) is 54.6 Å². The number of carbonyl (C=O) groups excluding carboxylic acids is 1. The Morgan fingerprint density at radius 3 is 2.79 bits per heavy atom. The number of anilines is 1. The van der Waals surface area contributed by atoms with Gasteiger partial charge in [0.25, 0.3) is 5.56 Å². The lowest BCUT2D eigenvalue weighted by atomic mass is 9.99. The molecule has 0 unspecified atom stereocenters. The smallest absolute Gasteiger partial charge is 0.415 e. The number of ether oxygens (including phenoxy) is 3. The standard InChI is InChI=1S/C24H23FN4O5/c25-17-3-1-14-2-4-21(30)29-12-15(22(17)23(14)29)10-26-6-5-16-13-28(24(31)34-16)20-9-18-19(11-27-20)33-8-7-32-18/h1-4,9,11,15-16,26H,5-8,10,12-13H2/t15-,16-/m1/s1. The maximum absolute atomic E-state index is 14.6. The molecule has 1 amide bonds. The molecule has 2 atom stereocenters. The molecule has 0 saturated carbocycles. The van der Waals surface area contributed by atoms with Crippen molar-refractivity contribution >= 4 is 22.8 Å². The number of nitrogens with one attached hydrogen (secondary N) is 1. The fourth-order valence-corrected chi connectivity index (χ4v) is 4.93. The summed E-state index contributed by atoms with van der Waals surface area (Å²) in [6.07, 6.45) is 1.41. The second-order valence-corrected chi connectivity index (χ2v) is 8.67. The largest absolute Gasteiger partial charge is 0.486 e. The van der Waals surface area contributed by atoms with Gasteiger partial charge in [-0.05, 0) is 36.6 Å². The first-order chi connectivity index (χ1) is 16.6. The number of fused-ring (bicyclic) bond motifs is 1. The summed E-state index contributed by atoms with van der Waals surface area (Å²) < 4.78 is 32.8. The number of hydrogen-bond donors (Lipinski definition) is 1. The Morgan fingerprint density at radius 2 is 1.91 bits per heavy atom. The maximum Gasteiger partial charge on any atom is 0.415 e. The summed E-state index contributed by atoms with van der Waals surface area (Å²) in [7, 11) is 0. The summed E-state index contributed by atoms with van der Waals surface area (Å²) in [5, 5.41) is 4.21. The van der Waals surface area contributed by atoms with E-state index < -0.39 is 6.09 Å². The molecule has 5 heterocycles. The Kier molecular flexibility index (Phi) is 5.09. The van der Waals surface area contributed by atoms with Crippen molar-refractivity contribution < 1.29 is 23.4 Å². The van der Waals surface area contributed by atoms with E-state index in [1.54, 1.807) is 29.0 Å². The van der Waals surface area contributed by atoms with Crippen LogP contribution >= 0.6 is 0 Å². The molecule has 34 heavy (non-hydrogen) atoms. The third-order valence-corrected chi connectivity index (χ3v) is 6.55. The Bertz CT molecular complexity index is 1340. The Hall–Kier alpha value is -3.66. The monoisotopic (exact) mass is 466 g/mol. The highest BCUT2D eigenvalue weighted by molar-refractivity contribution is 5.89. The summed E-state index contributed by atoms with van der Waals surface area (Å²) in [5.41, 5.74) is 1.16. The molecule has 6 rings (SSSR count). The molecule has 1 aromatic carbocycles. The van der Waals surface area contributed by atoms with Crippen LogP contribution in [0.25, 0.3) is 10.9 Å². The van der Waals surface area contributed by atoms with Gasteiger partial charge in [-0.25, -0.2) is 14.2 Å². The average molecular weight is 466 g/mol. The molecule has 2 aromatic heterocycles. The van der Waals surface area contributed by atoms with E-state index in [4.69, 9.17) is 14.2 Å². The molecule has 3 aliphatic heterocycles. The molecule has 3 aliphatic rings.